The molecule has 1 saturated heterocycles. The Labute approximate surface area is 138 Å². The zero-order chi connectivity index (χ0) is 17.3. The van der Waals surface area contributed by atoms with Crippen LogP contribution in [0.1, 0.15) is 25.7 Å². The molecular formula is C16H20FN3O4. The first kappa shape index (κ1) is 16.5. The van der Waals surface area contributed by atoms with Crippen molar-refractivity contribution in [1.82, 2.24) is 5.32 Å². The van der Waals surface area contributed by atoms with E-state index in [1.54, 1.807) is 0 Å². The second-order valence-electron chi connectivity index (χ2n) is 6.28. The normalized spacial score (nSPS) is 18.3. The number of nitro benzene ring substituents is 1. The molecule has 1 N–H and O–H groups in total. The van der Waals surface area contributed by atoms with Crippen molar-refractivity contribution in [3.05, 3.63) is 28.1 Å². The summed E-state index contributed by atoms with van der Waals surface area (Å²) in [5.74, 6) is -0.479. The maximum atomic E-state index is 13.7. The van der Waals surface area contributed by atoms with E-state index in [0.717, 1.165) is 18.9 Å². The SMILES string of the molecule is COc1cc(N2CCC(NC(=O)C3CC3)CC2)c([N+](=O)[O-])cc1F. The molecule has 1 aliphatic heterocycles. The van der Waals surface area contributed by atoms with Gasteiger partial charge in [-0.15, -0.1) is 0 Å². The van der Waals surface area contributed by atoms with Gasteiger partial charge in [0.15, 0.2) is 11.6 Å². The van der Waals surface area contributed by atoms with Crippen molar-refractivity contribution in [3.8, 4) is 5.75 Å². The van der Waals surface area contributed by atoms with Crippen LogP contribution in [0.15, 0.2) is 12.1 Å². The van der Waals surface area contributed by atoms with Gasteiger partial charge >= 0.3 is 0 Å². The Kier molecular flexibility index (Phi) is 4.55. The van der Waals surface area contributed by atoms with E-state index < -0.39 is 10.7 Å². The van der Waals surface area contributed by atoms with E-state index in [-0.39, 0.29) is 29.3 Å². The van der Waals surface area contributed by atoms with E-state index in [4.69, 9.17) is 4.74 Å². The van der Waals surface area contributed by atoms with Crippen LogP contribution in [-0.2, 0) is 4.79 Å². The number of halogens is 1. The van der Waals surface area contributed by atoms with Crippen molar-refractivity contribution in [2.75, 3.05) is 25.1 Å². The van der Waals surface area contributed by atoms with Gasteiger partial charge in [0.25, 0.3) is 5.69 Å². The van der Waals surface area contributed by atoms with Crippen LogP contribution < -0.4 is 15.0 Å². The van der Waals surface area contributed by atoms with Crippen LogP contribution in [0.3, 0.4) is 0 Å². The molecule has 3 rings (SSSR count). The quantitative estimate of drug-likeness (QED) is 0.658. The zero-order valence-electron chi connectivity index (χ0n) is 13.5. The van der Waals surface area contributed by atoms with Crippen molar-refractivity contribution < 1.29 is 18.8 Å². The minimum atomic E-state index is -0.750. The number of nitrogens with one attached hydrogen (secondary N) is 1. The highest BCUT2D eigenvalue weighted by atomic mass is 19.1. The largest absolute Gasteiger partial charge is 0.494 e. The van der Waals surface area contributed by atoms with Gasteiger partial charge in [-0.05, 0) is 25.7 Å². The lowest BCUT2D eigenvalue weighted by atomic mass is 10.0. The summed E-state index contributed by atoms with van der Waals surface area (Å²) in [6.07, 6.45) is 3.34. The molecule has 0 aromatic heterocycles. The number of ether oxygens (including phenoxy) is 1. The summed E-state index contributed by atoms with van der Waals surface area (Å²) in [7, 11) is 1.33. The lowest BCUT2D eigenvalue weighted by Gasteiger charge is -2.33. The van der Waals surface area contributed by atoms with Gasteiger partial charge in [-0.1, -0.05) is 0 Å². The first-order valence-corrected chi connectivity index (χ1v) is 8.07. The van der Waals surface area contributed by atoms with Gasteiger partial charge in [-0.25, -0.2) is 4.39 Å². The number of nitro groups is 1. The molecule has 0 bridgehead atoms. The van der Waals surface area contributed by atoms with Crippen molar-refractivity contribution in [3.63, 3.8) is 0 Å². The van der Waals surface area contributed by atoms with Gasteiger partial charge in [0.2, 0.25) is 5.91 Å². The molecule has 0 unspecified atom stereocenters. The van der Waals surface area contributed by atoms with Crippen molar-refractivity contribution in [2.45, 2.75) is 31.7 Å². The molecule has 130 valence electrons. The second kappa shape index (κ2) is 6.62. The van der Waals surface area contributed by atoms with Crippen LogP contribution in [0.4, 0.5) is 15.8 Å². The van der Waals surface area contributed by atoms with E-state index in [1.165, 1.54) is 13.2 Å². The topological polar surface area (TPSA) is 84.7 Å². The number of anilines is 1. The number of rotatable bonds is 5. The second-order valence-corrected chi connectivity index (χ2v) is 6.28. The number of piperidine rings is 1. The van der Waals surface area contributed by atoms with Gasteiger partial charge in [-0.3, -0.25) is 14.9 Å². The number of carbonyl (C=O) groups excluding carboxylic acids is 1. The first-order chi connectivity index (χ1) is 11.5. The van der Waals surface area contributed by atoms with Crippen LogP contribution in [0.25, 0.3) is 0 Å². The molecule has 24 heavy (non-hydrogen) atoms. The number of benzene rings is 1. The number of methoxy groups -OCH3 is 1. The number of hydrogen-bond donors (Lipinski definition) is 1. The van der Waals surface area contributed by atoms with E-state index >= 15 is 0 Å². The van der Waals surface area contributed by atoms with Crippen molar-refractivity contribution in [1.29, 1.82) is 0 Å². The summed E-state index contributed by atoms with van der Waals surface area (Å²) in [6.45, 7) is 1.12. The van der Waals surface area contributed by atoms with Gasteiger partial charge in [0.05, 0.1) is 18.1 Å². The lowest BCUT2D eigenvalue weighted by Crippen LogP contribution is -2.45. The molecular weight excluding hydrogens is 317 g/mol. The van der Waals surface area contributed by atoms with E-state index in [9.17, 15) is 19.3 Å². The van der Waals surface area contributed by atoms with Crippen molar-refractivity contribution >= 4 is 17.3 Å². The maximum Gasteiger partial charge on any atom is 0.295 e. The molecule has 1 saturated carbocycles. The maximum absolute atomic E-state index is 13.7. The fraction of sp³-hybridized carbons (Fsp3) is 0.562. The highest BCUT2D eigenvalue weighted by molar-refractivity contribution is 5.81. The molecule has 8 heteroatoms. The Morgan fingerprint density at radius 1 is 1.33 bits per heavy atom. The predicted molar refractivity (Wildman–Crippen MR) is 85.7 cm³/mol. The van der Waals surface area contributed by atoms with Crippen LogP contribution in [0.5, 0.6) is 5.75 Å². The number of carbonyl (C=O) groups is 1. The fourth-order valence-corrected chi connectivity index (χ4v) is 3.02. The summed E-state index contributed by atoms with van der Waals surface area (Å²) in [5, 5.41) is 14.3. The minimum Gasteiger partial charge on any atom is -0.494 e. The third-order valence-corrected chi connectivity index (χ3v) is 4.58. The average molecular weight is 337 g/mol. The van der Waals surface area contributed by atoms with Crippen molar-refractivity contribution in [2.24, 2.45) is 5.92 Å². The Balaban J connectivity index is 1.70. The van der Waals surface area contributed by atoms with Crippen LogP contribution in [0, 0.1) is 21.8 Å². The van der Waals surface area contributed by atoms with Gasteiger partial charge < -0.3 is 15.0 Å². The Morgan fingerprint density at radius 3 is 2.54 bits per heavy atom. The highest BCUT2D eigenvalue weighted by Crippen LogP contribution is 2.36. The standard InChI is InChI=1S/C16H20FN3O4/c1-24-15-9-13(14(20(22)23)8-12(15)17)19-6-4-11(5-7-19)18-16(21)10-2-3-10/h8-11H,2-7H2,1H3,(H,18,21). The van der Waals surface area contributed by atoms with Crippen LogP contribution in [0.2, 0.25) is 0 Å². The third-order valence-electron chi connectivity index (χ3n) is 4.58. The predicted octanol–water partition coefficient (Wildman–Crippen LogP) is 2.24. The molecule has 1 aromatic rings. The number of amides is 1. The van der Waals surface area contributed by atoms with Gasteiger partial charge in [0, 0.05) is 31.1 Å². The fourth-order valence-electron chi connectivity index (χ4n) is 3.02. The summed E-state index contributed by atoms with van der Waals surface area (Å²) in [5.41, 5.74) is 0.0824. The van der Waals surface area contributed by atoms with Gasteiger partial charge in [-0.2, -0.15) is 0 Å². The zero-order valence-corrected chi connectivity index (χ0v) is 13.5. The lowest BCUT2D eigenvalue weighted by molar-refractivity contribution is -0.384. The van der Waals surface area contributed by atoms with Gasteiger partial charge in [0.1, 0.15) is 5.69 Å². The summed E-state index contributed by atoms with van der Waals surface area (Å²) in [4.78, 5) is 24.3. The number of nitrogens with zero attached hydrogens (tertiary/aromatic N) is 2. The van der Waals surface area contributed by atoms with Crippen LogP contribution in [-0.4, -0.2) is 37.1 Å². The number of hydrogen-bond acceptors (Lipinski definition) is 5. The van der Waals surface area contributed by atoms with E-state index in [1.807, 2.05) is 4.90 Å². The van der Waals surface area contributed by atoms with Crippen LogP contribution >= 0.6 is 0 Å². The average Bonchev–Trinajstić information content (AvgIpc) is 3.40. The monoisotopic (exact) mass is 337 g/mol. The molecule has 1 heterocycles. The summed E-state index contributed by atoms with van der Waals surface area (Å²) in [6, 6.07) is 2.36. The Morgan fingerprint density at radius 2 is 2.00 bits per heavy atom. The molecule has 2 aliphatic rings. The molecule has 0 radical (unpaired) electrons. The van der Waals surface area contributed by atoms with E-state index in [2.05, 4.69) is 5.32 Å². The Bertz CT molecular complexity index is 655. The molecule has 7 nitrogen and oxygen atoms in total. The minimum absolute atomic E-state index is 0.0141. The molecule has 1 aliphatic carbocycles. The third kappa shape index (κ3) is 3.42. The summed E-state index contributed by atoms with van der Waals surface area (Å²) >= 11 is 0. The molecule has 0 atom stereocenters. The summed E-state index contributed by atoms with van der Waals surface area (Å²) < 4.78 is 18.7. The molecule has 2 fully saturated rings. The van der Waals surface area contributed by atoms with E-state index in [0.29, 0.717) is 31.6 Å². The highest BCUT2D eigenvalue weighted by Gasteiger charge is 2.32. The molecule has 1 aromatic carbocycles. The smallest absolute Gasteiger partial charge is 0.295 e. The molecule has 1 amide bonds. The molecule has 0 spiro atoms. The Hall–Kier alpha value is -2.38. The first-order valence-electron chi connectivity index (χ1n) is 8.07.